The lowest BCUT2D eigenvalue weighted by atomic mass is 9.83. The lowest BCUT2D eigenvalue weighted by molar-refractivity contribution is 0.210. The number of nitrogens with zero attached hydrogens (tertiary/aromatic N) is 1. The molecule has 2 heteroatoms. The second-order valence-electron chi connectivity index (χ2n) is 8.30. The molecule has 2 aromatic carbocycles. The van der Waals surface area contributed by atoms with Gasteiger partial charge in [-0.15, -0.1) is 11.6 Å². The van der Waals surface area contributed by atoms with Gasteiger partial charge in [-0.3, -0.25) is 4.90 Å². The van der Waals surface area contributed by atoms with Crippen molar-refractivity contribution in [1.82, 2.24) is 4.90 Å². The van der Waals surface area contributed by atoms with Crippen LogP contribution in [-0.2, 0) is 13.0 Å². The first-order chi connectivity index (χ1) is 13.1. The molecule has 1 aliphatic carbocycles. The van der Waals surface area contributed by atoms with Gasteiger partial charge in [-0.05, 0) is 62.8 Å². The maximum absolute atomic E-state index is 6.57. The van der Waals surface area contributed by atoms with Crippen molar-refractivity contribution in [2.75, 3.05) is 6.54 Å². The summed E-state index contributed by atoms with van der Waals surface area (Å²) < 4.78 is 0. The predicted octanol–water partition coefficient (Wildman–Crippen LogP) is 6.79. The van der Waals surface area contributed by atoms with Crippen molar-refractivity contribution in [3.05, 3.63) is 71.3 Å². The zero-order valence-electron chi connectivity index (χ0n) is 16.9. The summed E-state index contributed by atoms with van der Waals surface area (Å²) in [6, 6.07) is 20.7. The monoisotopic (exact) mass is 383 g/mol. The molecule has 1 nitrogen and oxygen atoms in total. The van der Waals surface area contributed by atoms with Crippen LogP contribution >= 0.6 is 11.6 Å². The molecule has 0 saturated heterocycles. The van der Waals surface area contributed by atoms with Gasteiger partial charge in [0.15, 0.2) is 0 Å². The first kappa shape index (κ1) is 20.4. The lowest BCUT2D eigenvalue weighted by Crippen LogP contribution is -2.31. The van der Waals surface area contributed by atoms with Crippen LogP contribution in [0.15, 0.2) is 54.6 Å². The number of hydrogen-bond donors (Lipinski definition) is 0. The third kappa shape index (κ3) is 6.09. The standard InChI is InChI=1S/C25H34ClN/c1-20(2)27(19-22-9-4-3-5-10-22)18-8-11-21-14-16-23(17-15-21)24-12-6-7-13-25(24)26/h3-5,9-10,14-17,20,24-25H,6-8,11-13,18-19H2,1-2H3. The van der Waals surface area contributed by atoms with Gasteiger partial charge in [-0.25, -0.2) is 0 Å². The largest absolute Gasteiger partial charge is 0.297 e. The molecule has 2 atom stereocenters. The van der Waals surface area contributed by atoms with Crippen molar-refractivity contribution in [2.24, 2.45) is 0 Å². The smallest absolute Gasteiger partial charge is 0.0404 e. The molecule has 0 amide bonds. The Labute approximate surface area is 170 Å². The second-order valence-corrected chi connectivity index (χ2v) is 8.86. The summed E-state index contributed by atoms with van der Waals surface area (Å²) >= 11 is 6.57. The fourth-order valence-electron chi connectivity index (χ4n) is 4.22. The molecule has 27 heavy (non-hydrogen) atoms. The maximum Gasteiger partial charge on any atom is 0.0404 e. The average molecular weight is 384 g/mol. The van der Waals surface area contributed by atoms with E-state index in [-0.39, 0.29) is 0 Å². The Morgan fingerprint density at radius 3 is 2.30 bits per heavy atom. The summed E-state index contributed by atoms with van der Waals surface area (Å²) in [5.74, 6) is 0.553. The summed E-state index contributed by atoms with van der Waals surface area (Å²) in [5, 5.41) is 0.321. The van der Waals surface area contributed by atoms with E-state index < -0.39 is 0 Å². The van der Waals surface area contributed by atoms with E-state index >= 15 is 0 Å². The van der Waals surface area contributed by atoms with Gasteiger partial charge in [-0.1, -0.05) is 67.4 Å². The van der Waals surface area contributed by atoms with E-state index in [4.69, 9.17) is 11.6 Å². The third-order valence-corrected chi connectivity index (χ3v) is 6.48. The SMILES string of the molecule is CC(C)N(CCCc1ccc(C2CCCCC2Cl)cc1)Cc1ccccc1. The van der Waals surface area contributed by atoms with Crippen LogP contribution in [0.4, 0.5) is 0 Å². The van der Waals surface area contributed by atoms with E-state index in [0.29, 0.717) is 17.3 Å². The van der Waals surface area contributed by atoms with Crippen LogP contribution in [0, 0.1) is 0 Å². The zero-order valence-corrected chi connectivity index (χ0v) is 17.7. The zero-order chi connectivity index (χ0) is 19.1. The van der Waals surface area contributed by atoms with Gasteiger partial charge < -0.3 is 0 Å². The fourth-order valence-corrected chi connectivity index (χ4v) is 4.64. The molecule has 3 rings (SSSR count). The van der Waals surface area contributed by atoms with Crippen molar-refractivity contribution < 1.29 is 0 Å². The molecule has 2 unspecified atom stereocenters. The molecule has 0 radical (unpaired) electrons. The van der Waals surface area contributed by atoms with E-state index in [1.165, 1.54) is 48.8 Å². The highest BCUT2D eigenvalue weighted by molar-refractivity contribution is 6.21. The minimum atomic E-state index is 0.321. The highest BCUT2D eigenvalue weighted by Gasteiger charge is 2.24. The van der Waals surface area contributed by atoms with Gasteiger partial charge in [0.25, 0.3) is 0 Å². The number of halogens is 1. The second kappa shape index (κ2) is 10.3. The van der Waals surface area contributed by atoms with Crippen molar-refractivity contribution in [3.63, 3.8) is 0 Å². The van der Waals surface area contributed by atoms with Crippen LogP contribution in [0.25, 0.3) is 0 Å². The molecular formula is C25H34ClN. The number of hydrogen-bond acceptors (Lipinski definition) is 1. The van der Waals surface area contributed by atoms with Crippen LogP contribution in [0.3, 0.4) is 0 Å². The minimum Gasteiger partial charge on any atom is -0.297 e. The van der Waals surface area contributed by atoms with Gasteiger partial charge in [0, 0.05) is 23.9 Å². The first-order valence-corrected chi connectivity index (χ1v) is 11.1. The number of benzene rings is 2. The van der Waals surface area contributed by atoms with Crippen LogP contribution in [0.1, 0.15) is 68.6 Å². The van der Waals surface area contributed by atoms with E-state index in [9.17, 15) is 0 Å². The summed E-state index contributed by atoms with van der Waals surface area (Å²) in [7, 11) is 0. The van der Waals surface area contributed by atoms with Gasteiger partial charge in [0.05, 0.1) is 0 Å². The number of alkyl halides is 1. The molecule has 1 aliphatic rings. The highest BCUT2D eigenvalue weighted by atomic mass is 35.5. The summed E-state index contributed by atoms with van der Waals surface area (Å²) in [6.45, 7) is 6.77. The molecule has 0 aromatic heterocycles. The minimum absolute atomic E-state index is 0.321. The Hall–Kier alpha value is -1.31. The molecule has 0 heterocycles. The van der Waals surface area contributed by atoms with E-state index in [1.807, 2.05) is 0 Å². The van der Waals surface area contributed by atoms with E-state index in [2.05, 4.69) is 73.3 Å². The molecular weight excluding hydrogens is 350 g/mol. The van der Waals surface area contributed by atoms with Gasteiger partial charge in [0.1, 0.15) is 0 Å². The summed E-state index contributed by atoms with van der Waals surface area (Å²) in [4.78, 5) is 2.57. The summed E-state index contributed by atoms with van der Waals surface area (Å²) in [5.41, 5.74) is 4.29. The van der Waals surface area contributed by atoms with Crippen molar-refractivity contribution >= 4 is 11.6 Å². The molecule has 0 N–H and O–H groups in total. The molecule has 146 valence electrons. The Bertz CT molecular complexity index is 664. The van der Waals surface area contributed by atoms with Gasteiger partial charge >= 0.3 is 0 Å². The quantitative estimate of drug-likeness (QED) is 0.453. The number of aryl methyl sites for hydroxylation is 1. The summed E-state index contributed by atoms with van der Waals surface area (Å²) in [6.07, 6.45) is 7.37. The fraction of sp³-hybridized carbons (Fsp3) is 0.520. The lowest BCUT2D eigenvalue weighted by Gasteiger charge is -2.27. The predicted molar refractivity (Wildman–Crippen MR) is 118 cm³/mol. The highest BCUT2D eigenvalue weighted by Crippen LogP contribution is 2.36. The van der Waals surface area contributed by atoms with Crippen LogP contribution < -0.4 is 0 Å². The van der Waals surface area contributed by atoms with Crippen LogP contribution in [0.2, 0.25) is 0 Å². The Morgan fingerprint density at radius 1 is 0.926 bits per heavy atom. The Balaban J connectivity index is 1.50. The molecule has 2 aromatic rings. The van der Waals surface area contributed by atoms with E-state index in [1.54, 1.807) is 0 Å². The Kier molecular flexibility index (Phi) is 7.79. The van der Waals surface area contributed by atoms with Crippen molar-refractivity contribution in [1.29, 1.82) is 0 Å². The Morgan fingerprint density at radius 2 is 1.63 bits per heavy atom. The average Bonchev–Trinajstić information content (AvgIpc) is 2.69. The number of rotatable bonds is 8. The molecule has 1 fully saturated rings. The first-order valence-electron chi connectivity index (χ1n) is 10.6. The topological polar surface area (TPSA) is 3.24 Å². The molecule has 0 spiro atoms. The van der Waals surface area contributed by atoms with Crippen molar-refractivity contribution in [3.8, 4) is 0 Å². The normalized spacial score (nSPS) is 20.3. The van der Waals surface area contributed by atoms with Crippen LogP contribution in [0.5, 0.6) is 0 Å². The third-order valence-electron chi connectivity index (χ3n) is 5.96. The molecule has 1 saturated carbocycles. The van der Waals surface area contributed by atoms with E-state index in [0.717, 1.165) is 19.5 Å². The van der Waals surface area contributed by atoms with Crippen LogP contribution in [-0.4, -0.2) is 22.9 Å². The van der Waals surface area contributed by atoms with Gasteiger partial charge in [-0.2, -0.15) is 0 Å². The molecule has 0 aliphatic heterocycles. The van der Waals surface area contributed by atoms with Gasteiger partial charge in [0.2, 0.25) is 0 Å². The maximum atomic E-state index is 6.57. The van der Waals surface area contributed by atoms with Crippen molar-refractivity contribution in [2.45, 2.75) is 76.3 Å². The molecule has 0 bridgehead atoms.